The number of hydrogen-bond donors (Lipinski definition) is 0. The zero-order valence-corrected chi connectivity index (χ0v) is 11.2. The predicted octanol–water partition coefficient (Wildman–Crippen LogP) is 0.889. The molecule has 0 radical (unpaired) electrons. The van der Waals surface area contributed by atoms with Crippen molar-refractivity contribution in [1.82, 2.24) is 8.97 Å². The topological polar surface area (TPSA) is 43.5 Å². The Morgan fingerprint density at radius 2 is 1.94 bits per heavy atom. The second-order valence-corrected chi connectivity index (χ2v) is 5.25. The summed E-state index contributed by atoms with van der Waals surface area (Å²) in [6, 6.07) is 1.67. The van der Waals surface area contributed by atoms with Crippen molar-refractivity contribution in [2.75, 3.05) is 0 Å². The fourth-order valence-corrected chi connectivity index (χ4v) is 2.90. The van der Waals surface area contributed by atoms with Gasteiger partial charge in [0.2, 0.25) is 0 Å². The molecular formula is C10H6Br2N2O2. The molecule has 0 fully saturated rings. The van der Waals surface area contributed by atoms with Gasteiger partial charge in [-0.3, -0.25) is 14.0 Å². The highest BCUT2D eigenvalue weighted by Gasteiger charge is 2.17. The van der Waals surface area contributed by atoms with Gasteiger partial charge in [-0.1, -0.05) is 6.08 Å². The zero-order chi connectivity index (χ0) is 11.4. The number of rotatable bonds is 0. The van der Waals surface area contributed by atoms with Crippen molar-refractivity contribution in [1.29, 1.82) is 0 Å². The van der Waals surface area contributed by atoms with E-state index in [2.05, 4.69) is 31.9 Å². The van der Waals surface area contributed by atoms with Crippen LogP contribution in [0.3, 0.4) is 0 Å². The molecule has 0 bridgehead atoms. The van der Waals surface area contributed by atoms with Crippen LogP contribution in [-0.2, 0) is 6.54 Å². The molecule has 1 aliphatic rings. The van der Waals surface area contributed by atoms with Gasteiger partial charge in [0.1, 0.15) is 15.5 Å². The first-order valence-corrected chi connectivity index (χ1v) is 6.33. The van der Waals surface area contributed by atoms with E-state index in [1.165, 1.54) is 8.97 Å². The molecule has 0 aromatic carbocycles. The molecule has 0 N–H and O–H groups in total. The lowest BCUT2D eigenvalue weighted by Gasteiger charge is -2.01. The summed E-state index contributed by atoms with van der Waals surface area (Å²) >= 11 is 6.60. The van der Waals surface area contributed by atoms with E-state index in [4.69, 9.17) is 0 Å². The molecule has 1 aliphatic heterocycles. The molecule has 0 unspecified atom stereocenters. The van der Waals surface area contributed by atoms with Gasteiger partial charge in [0.05, 0.1) is 4.47 Å². The average molecular weight is 346 g/mol. The van der Waals surface area contributed by atoms with Crippen LogP contribution in [-0.4, -0.2) is 8.97 Å². The first-order valence-electron chi connectivity index (χ1n) is 4.74. The van der Waals surface area contributed by atoms with Crippen LogP contribution in [0.1, 0.15) is 6.42 Å². The van der Waals surface area contributed by atoms with Gasteiger partial charge < -0.3 is 4.57 Å². The molecule has 4 nitrogen and oxygen atoms in total. The Morgan fingerprint density at radius 3 is 2.69 bits per heavy atom. The minimum atomic E-state index is -0.148. The largest absolute Gasteiger partial charge is 0.302 e. The van der Waals surface area contributed by atoms with Gasteiger partial charge in [-0.15, -0.1) is 0 Å². The van der Waals surface area contributed by atoms with Gasteiger partial charge in [-0.25, -0.2) is 0 Å². The molecule has 0 saturated carbocycles. The Hall–Kier alpha value is -0.880. The van der Waals surface area contributed by atoms with Gasteiger partial charge in [0.25, 0.3) is 11.1 Å². The van der Waals surface area contributed by atoms with Gasteiger partial charge in [0.15, 0.2) is 0 Å². The Kier molecular flexibility index (Phi) is 2.12. The van der Waals surface area contributed by atoms with E-state index in [0.717, 1.165) is 6.42 Å². The monoisotopic (exact) mass is 344 g/mol. The maximum Gasteiger partial charge on any atom is 0.279 e. The third-order valence-corrected chi connectivity index (χ3v) is 4.68. The quantitative estimate of drug-likeness (QED) is 0.711. The normalized spacial score (nSPS) is 14.1. The summed E-state index contributed by atoms with van der Waals surface area (Å²) < 4.78 is 4.25. The first kappa shape index (κ1) is 10.3. The van der Waals surface area contributed by atoms with Crippen LogP contribution in [0.4, 0.5) is 0 Å². The molecule has 2 aromatic rings. The van der Waals surface area contributed by atoms with Crippen molar-refractivity contribution < 1.29 is 0 Å². The lowest BCUT2D eigenvalue weighted by molar-refractivity contribution is 0.695. The van der Waals surface area contributed by atoms with Gasteiger partial charge in [0, 0.05) is 6.54 Å². The van der Waals surface area contributed by atoms with E-state index in [0.29, 0.717) is 26.5 Å². The molecule has 2 aromatic heterocycles. The number of nitrogens with zero attached hydrogens (tertiary/aromatic N) is 2. The third kappa shape index (κ3) is 1.14. The highest BCUT2D eigenvalue weighted by atomic mass is 79.9. The SMILES string of the molecule is O=c1c2cc(Br)c(Br)n2c(=O)c2n1CCC=2. The highest BCUT2D eigenvalue weighted by molar-refractivity contribution is 9.13. The van der Waals surface area contributed by atoms with E-state index in [9.17, 15) is 9.59 Å². The van der Waals surface area contributed by atoms with Crippen molar-refractivity contribution in [3.8, 4) is 0 Å². The molecule has 6 heteroatoms. The van der Waals surface area contributed by atoms with Crippen molar-refractivity contribution in [2.24, 2.45) is 0 Å². The molecule has 16 heavy (non-hydrogen) atoms. The maximum absolute atomic E-state index is 12.1. The van der Waals surface area contributed by atoms with E-state index in [1.54, 1.807) is 6.07 Å². The van der Waals surface area contributed by atoms with Crippen LogP contribution in [0.5, 0.6) is 0 Å². The summed E-state index contributed by atoms with van der Waals surface area (Å²) in [4.78, 5) is 24.2. The Balaban J connectivity index is 2.74. The number of hydrogen-bond acceptors (Lipinski definition) is 2. The van der Waals surface area contributed by atoms with Crippen LogP contribution in [0.25, 0.3) is 11.6 Å². The molecule has 0 amide bonds. The average Bonchev–Trinajstić information content (AvgIpc) is 2.83. The number of halogens is 2. The third-order valence-electron chi connectivity index (χ3n) is 2.77. The fourth-order valence-electron chi connectivity index (χ4n) is 2.04. The van der Waals surface area contributed by atoms with Crippen LogP contribution in [0, 0.1) is 0 Å². The van der Waals surface area contributed by atoms with E-state index >= 15 is 0 Å². The summed E-state index contributed by atoms with van der Waals surface area (Å²) in [7, 11) is 0. The van der Waals surface area contributed by atoms with E-state index < -0.39 is 0 Å². The second kappa shape index (κ2) is 3.30. The standard InChI is InChI=1S/C10H6Br2N2O2/c11-5-4-7-9(15)13-3-1-2-6(13)10(16)14(7)8(5)12/h2,4H,1,3H2. The van der Waals surface area contributed by atoms with Crippen LogP contribution >= 0.6 is 31.9 Å². The molecule has 0 atom stereocenters. The summed E-state index contributed by atoms with van der Waals surface area (Å²) in [6.07, 6.45) is 2.56. The minimum Gasteiger partial charge on any atom is -0.302 e. The second-order valence-electron chi connectivity index (χ2n) is 3.64. The predicted molar refractivity (Wildman–Crippen MR) is 67.6 cm³/mol. The van der Waals surface area contributed by atoms with Crippen LogP contribution in [0.15, 0.2) is 24.7 Å². The molecule has 0 saturated heterocycles. The van der Waals surface area contributed by atoms with Crippen molar-refractivity contribution in [3.05, 3.63) is 41.2 Å². The lowest BCUT2D eigenvalue weighted by atomic mass is 10.4. The minimum absolute atomic E-state index is 0.116. The smallest absolute Gasteiger partial charge is 0.279 e. The lowest BCUT2D eigenvalue weighted by Crippen LogP contribution is -2.44. The van der Waals surface area contributed by atoms with Crippen molar-refractivity contribution >= 4 is 43.5 Å². The fraction of sp³-hybridized carbons (Fsp3) is 0.200. The van der Waals surface area contributed by atoms with E-state index in [-0.39, 0.29) is 11.1 Å². The van der Waals surface area contributed by atoms with E-state index in [1.807, 2.05) is 6.08 Å². The van der Waals surface area contributed by atoms with Gasteiger partial charge >= 0.3 is 0 Å². The molecule has 0 spiro atoms. The summed E-state index contributed by atoms with van der Waals surface area (Å²) in [5.41, 5.74) is 0.141. The summed E-state index contributed by atoms with van der Waals surface area (Å²) in [5, 5.41) is 0.487. The molecule has 3 rings (SSSR count). The molecule has 3 heterocycles. The Morgan fingerprint density at radius 1 is 1.19 bits per heavy atom. The Labute approximate surface area is 106 Å². The van der Waals surface area contributed by atoms with Crippen molar-refractivity contribution in [2.45, 2.75) is 13.0 Å². The van der Waals surface area contributed by atoms with Crippen LogP contribution < -0.4 is 16.5 Å². The molecular weight excluding hydrogens is 340 g/mol. The number of aromatic nitrogens is 2. The van der Waals surface area contributed by atoms with Crippen molar-refractivity contribution in [3.63, 3.8) is 0 Å². The number of fused-ring (bicyclic) bond motifs is 2. The van der Waals surface area contributed by atoms with Crippen LogP contribution in [0.2, 0.25) is 0 Å². The van der Waals surface area contributed by atoms with Gasteiger partial charge in [-0.05, 0) is 44.3 Å². The summed E-state index contributed by atoms with van der Waals surface area (Å²) in [5.74, 6) is 0. The summed E-state index contributed by atoms with van der Waals surface area (Å²) in [6.45, 7) is 0.598. The highest BCUT2D eigenvalue weighted by Crippen LogP contribution is 2.24. The van der Waals surface area contributed by atoms with Gasteiger partial charge in [-0.2, -0.15) is 0 Å². The maximum atomic E-state index is 12.1. The first-order chi connectivity index (χ1) is 7.61. The Bertz CT molecular complexity index is 773. The molecule has 82 valence electrons. The zero-order valence-electron chi connectivity index (χ0n) is 8.04. The molecule has 0 aliphatic carbocycles.